The first-order chi connectivity index (χ1) is 6.98. The van der Waals surface area contributed by atoms with E-state index in [-0.39, 0.29) is 17.4 Å². The Bertz CT molecular complexity index is 289. The number of carbonyl (C=O) groups is 2. The van der Waals surface area contributed by atoms with E-state index in [1.165, 1.54) is 0 Å². The molecule has 0 aromatic carbocycles. The minimum absolute atomic E-state index is 0.0752. The lowest BCUT2D eigenvalue weighted by Gasteiger charge is -2.43. The number of hydrogen-bond acceptors (Lipinski definition) is 3. The van der Waals surface area contributed by atoms with Crippen molar-refractivity contribution in [2.24, 2.45) is 11.1 Å². The van der Waals surface area contributed by atoms with E-state index in [0.29, 0.717) is 0 Å². The summed E-state index contributed by atoms with van der Waals surface area (Å²) in [7, 11) is 0. The van der Waals surface area contributed by atoms with Crippen molar-refractivity contribution in [3.05, 3.63) is 0 Å². The van der Waals surface area contributed by atoms with Crippen LogP contribution in [0.2, 0.25) is 0 Å². The van der Waals surface area contributed by atoms with Gasteiger partial charge in [-0.25, -0.2) is 4.79 Å². The van der Waals surface area contributed by atoms with Gasteiger partial charge in [0.25, 0.3) is 0 Å². The molecule has 1 amide bonds. The molecule has 0 aromatic heterocycles. The Hall–Kier alpha value is -1.31. The largest absolute Gasteiger partial charge is 0.490 e. The van der Waals surface area contributed by atoms with Gasteiger partial charge < -0.3 is 16.2 Å². The Morgan fingerprint density at radius 1 is 1.44 bits per heavy atom. The quantitative estimate of drug-likeness (QED) is 0.608. The van der Waals surface area contributed by atoms with E-state index in [2.05, 4.69) is 5.32 Å². The second kappa shape index (κ2) is 4.69. The van der Waals surface area contributed by atoms with Crippen LogP contribution in [-0.2, 0) is 9.59 Å². The van der Waals surface area contributed by atoms with Crippen LogP contribution in [0.25, 0.3) is 0 Å². The van der Waals surface area contributed by atoms with E-state index in [9.17, 15) is 18.0 Å². The fourth-order valence-corrected chi connectivity index (χ4v) is 1.10. The minimum Gasteiger partial charge on any atom is -0.475 e. The summed E-state index contributed by atoms with van der Waals surface area (Å²) >= 11 is 0. The summed E-state index contributed by atoms with van der Waals surface area (Å²) in [5, 5.41) is 10.1. The topological polar surface area (TPSA) is 92.4 Å². The van der Waals surface area contributed by atoms with Gasteiger partial charge in [0.1, 0.15) is 0 Å². The smallest absolute Gasteiger partial charge is 0.475 e. The van der Waals surface area contributed by atoms with Crippen molar-refractivity contribution in [2.75, 3.05) is 6.54 Å². The number of carboxylic acid groups (broad SMARTS) is 1. The van der Waals surface area contributed by atoms with Crippen LogP contribution < -0.4 is 11.1 Å². The van der Waals surface area contributed by atoms with Gasteiger partial charge in [-0.2, -0.15) is 13.2 Å². The second-order valence-electron chi connectivity index (χ2n) is 4.01. The van der Waals surface area contributed by atoms with Crippen molar-refractivity contribution in [3.8, 4) is 0 Å². The van der Waals surface area contributed by atoms with Crippen LogP contribution in [0.1, 0.15) is 13.8 Å². The van der Waals surface area contributed by atoms with Gasteiger partial charge in [0, 0.05) is 12.0 Å². The lowest BCUT2D eigenvalue weighted by Crippen LogP contribution is -2.64. The molecule has 1 unspecified atom stereocenters. The zero-order chi connectivity index (χ0) is 13.1. The fourth-order valence-electron chi connectivity index (χ4n) is 1.10. The molecule has 1 atom stereocenters. The van der Waals surface area contributed by atoms with E-state index in [1.54, 1.807) is 0 Å². The normalized spacial score (nSPS) is 22.4. The number of carboxylic acids is 1. The van der Waals surface area contributed by atoms with Crippen LogP contribution >= 0.6 is 0 Å². The number of rotatable bonds is 1. The first-order valence-corrected chi connectivity index (χ1v) is 4.31. The van der Waals surface area contributed by atoms with E-state index in [4.69, 9.17) is 15.6 Å². The van der Waals surface area contributed by atoms with Crippen molar-refractivity contribution >= 4 is 11.9 Å². The molecule has 0 bridgehead atoms. The van der Waals surface area contributed by atoms with Crippen LogP contribution in [0.4, 0.5) is 13.2 Å². The summed E-state index contributed by atoms with van der Waals surface area (Å²) in [5.41, 5.74) is 5.15. The number of hydrogen-bond donors (Lipinski definition) is 3. The lowest BCUT2D eigenvalue weighted by atomic mass is 9.77. The maximum Gasteiger partial charge on any atom is 0.490 e. The third-order valence-electron chi connectivity index (χ3n) is 2.07. The second-order valence-corrected chi connectivity index (χ2v) is 4.01. The molecule has 94 valence electrons. The highest BCUT2D eigenvalue weighted by Crippen LogP contribution is 2.27. The maximum atomic E-state index is 10.6. The average Bonchev–Trinajstić information content (AvgIpc) is 2.00. The minimum atomic E-state index is -5.08. The number of amides is 1. The monoisotopic (exact) mass is 242 g/mol. The van der Waals surface area contributed by atoms with Gasteiger partial charge in [-0.05, 0) is 0 Å². The summed E-state index contributed by atoms with van der Waals surface area (Å²) < 4.78 is 31.7. The zero-order valence-corrected chi connectivity index (χ0v) is 8.76. The number of nitrogens with two attached hydrogens (primary N) is 1. The van der Waals surface area contributed by atoms with Crippen molar-refractivity contribution in [2.45, 2.75) is 26.1 Å². The molecule has 0 spiro atoms. The molecule has 8 heteroatoms. The van der Waals surface area contributed by atoms with Gasteiger partial charge in [0.15, 0.2) is 0 Å². The van der Waals surface area contributed by atoms with Crippen LogP contribution in [0.5, 0.6) is 0 Å². The van der Waals surface area contributed by atoms with Gasteiger partial charge in [0.05, 0.1) is 6.04 Å². The van der Waals surface area contributed by atoms with E-state index in [0.717, 1.165) is 6.54 Å². The first kappa shape index (κ1) is 14.7. The number of aliphatic carboxylic acids is 1. The number of nitrogens with one attached hydrogen (secondary N) is 1. The third kappa shape index (κ3) is 4.05. The Morgan fingerprint density at radius 2 is 1.81 bits per heavy atom. The van der Waals surface area contributed by atoms with Crippen molar-refractivity contribution in [1.82, 2.24) is 5.32 Å². The first-order valence-electron chi connectivity index (χ1n) is 4.31. The van der Waals surface area contributed by atoms with Gasteiger partial charge in [-0.1, -0.05) is 13.8 Å². The van der Waals surface area contributed by atoms with Gasteiger partial charge >= 0.3 is 12.1 Å². The molecule has 1 aliphatic heterocycles. The Kier molecular flexibility index (Phi) is 4.30. The zero-order valence-electron chi connectivity index (χ0n) is 8.76. The van der Waals surface area contributed by atoms with Crippen molar-refractivity contribution < 1.29 is 27.9 Å². The Labute approximate surface area is 89.8 Å². The third-order valence-corrected chi connectivity index (χ3v) is 2.07. The van der Waals surface area contributed by atoms with E-state index in [1.807, 2.05) is 13.8 Å². The molecule has 1 aliphatic rings. The molecule has 0 saturated carbocycles. The van der Waals surface area contributed by atoms with Crippen LogP contribution in [0.3, 0.4) is 0 Å². The standard InChI is InChI=1S/C6H12N2O.C2HF3O2/c1-6(2)3-8-4(6)5(7)9;3-2(4,5)1(6)7/h4,8H,3H2,1-2H3,(H2,7,9);(H,6,7). The molecule has 0 radical (unpaired) electrons. The van der Waals surface area contributed by atoms with Crippen LogP contribution in [-0.4, -0.2) is 35.7 Å². The predicted molar refractivity (Wildman–Crippen MR) is 48.5 cm³/mol. The van der Waals surface area contributed by atoms with E-state index >= 15 is 0 Å². The van der Waals surface area contributed by atoms with Crippen molar-refractivity contribution in [1.29, 1.82) is 0 Å². The molecule has 16 heavy (non-hydrogen) atoms. The summed E-state index contributed by atoms with van der Waals surface area (Å²) in [4.78, 5) is 19.5. The molecular formula is C8H13F3N2O3. The van der Waals surface area contributed by atoms with Gasteiger partial charge in [0.2, 0.25) is 5.91 Å². The SMILES string of the molecule is CC1(C)CNC1C(N)=O.O=C(O)C(F)(F)F. The molecule has 1 saturated heterocycles. The number of halogens is 3. The van der Waals surface area contributed by atoms with Crippen LogP contribution in [0.15, 0.2) is 0 Å². The highest BCUT2D eigenvalue weighted by atomic mass is 19.4. The van der Waals surface area contributed by atoms with Gasteiger partial charge in [-0.3, -0.25) is 4.79 Å². The number of carbonyl (C=O) groups excluding carboxylic acids is 1. The Morgan fingerprint density at radius 3 is 1.81 bits per heavy atom. The highest BCUT2D eigenvalue weighted by Gasteiger charge is 2.41. The van der Waals surface area contributed by atoms with E-state index < -0.39 is 12.1 Å². The molecule has 1 rings (SSSR count). The average molecular weight is 242 g/mol. The molecule has 4 N–H and O–H groups in total. The summed E-state index contributed by atoms with van der Waals surface area (Å²) in [5.74, 6) is -3.00. The molecule has 0 aromatic rings. The maximum absolute atomic E-state index is 10.6. The molecule has 1 fully saturated rings. The van der Waals surface area contributed by atoms with Crippen LogP contribution in [0, 0.1) is 5.41 Å². The number of primary amides is 1. The lowest BCUT2D eigenvalue weighted by molar-refractivity contribution is -0.192. The Balaban J connectivity index is 0.000000293. The summed E-state index contributed by atoms with van der Waals surface area (Å²) in [6.07, 6.45) is -5.08. The van der Waals surface area contributed by atoms with Gasteiger partial charge in [-0.15, -0.1) is 0 Å². The summed E-state index contributed by atoms with van der Waals surface area (Å²) in [6, 6.07) is -0.113. The molecular weight excluding hydrogens is 229 g/mol. The molecule has 0 aliphatic carbocycles. The summed E-state index contributed by atoms with van der Waals surface area (Å²) in [6.45, 7) is 4.94. The molecule has 5 nitrogen and oxygen atoms in total. The van der Waals surface area contributed by atoms with Crippen molar-refractivity contribution in [3.63, 3.8) is 0 Å². The highest BCUT2D eigenvalue weighted by molar-refractivity contribution is 5.81. The number of alkyl halides is 3. The molecule has 1 heterocycles. The fraction of sp³-hybridized carbons (Fsp3) is 0.750. The predicted octanol–water partition coefficient (Wildman–Crippen LogP) is 0.103.